The van der Waals surface area contributed by atoms with E-state index in [9.17, 15) is 0 Å². The Labute approximate surface area is 80.4 Å². The van der Waals surface area contributed by atoms with Crippen molar-refractivity contribution in [2.45, 2.75) is 6.42 Å². The first-order valence-corrected chi connectivity index (χ1v) is 4.52. The van der Waals surface area contributed by atoms with E-state index in [0.717, 1.165) is 24.9 Å². The van der Waals surface area contributed by atoms with E-state index in [-0.39, 0.29) is 5.92 Å². The van der Waals surface area contributed by atoms with Crippen molar-refractivity contribution in [3.05, 3.63) is 12.0 Å². The quantitative estimate of drug-likeness (QED) is 0.517. The zero-order chi connectivity index (χ0) is 10.3. The molecule has 0 saturated heterocycles. The third-order valence-corrected chi connectivity index (χ3v) is 2.08. The number of hydrogen-bond acceptors (Lipinski definition) is 4. The maximum absolute atomic E-state index is 8.90. The fraction of sp³-hybridized carbons (Fsp3) is 0.778. The molecule has 4 N–H and O–H groups in total. The van der Waals surface area contributed by atoms with Gasteiger partial charge in [-0.1, -0.05) is 0 Å². The minimum absolute atomic E-state index is 0.220. The van der Waals surface area contributed by atoms with Crippen LogP contribution in [0.15, 0.2) is 12.0 Å². The van der Waals surface area contributed by atoms with Crippen molar-refractivity contribution in [1.29, 1.82) is 0 Å². The number of nitrogens with zero attached hydrogens (tertiary/aromatic N) is 1. The first-order valence-electron chi connectivity index (χ1n) is 4.52. The molecule has 0 rings (SSSR count). The Hall–Kier alpha value is -0.740. The van der Waals surface area contributed by atoms with E-state index in [1.807, 2.05) is 14.1 Å². The number of nitrogens with two attached hydrogens (primary N) is 1. The molecule has 0 radical (unpaired) electrons. The Morgan fingerprint density at radius 3 is 2.54 bits per heavy atom. The lowest BCUT2D eigenvalue weighted by Crippen LogP contribution is -2.27. The van der Waals surface area contributed by atoms with Gasteiger partial charge in [-0.15, -0.1) is 0 Å². The summed E-state index contributed by atoms with van der Waals surface area (Å²) in [7, 11) is 5.84. The molecule has 0 saturated carbocycles. The van der Waals surface area contributed by atoms with Crippen molar-refractivity contribution in [3.63, 3.8) is 0 Å². The summed E-state index contributed by atoms with van der Waals surface area (Å²) in [5, 5.41) is 11.8. The molecule has 1 atom stereocenters. The predicted octanol–water partition coefficient (Wildman–Crippen LogP) is 0.132. The number of aliphatic hydroxyl groups is 1. The summed E-state index contributed by atoms with van der Waals surface area (Å²) in [6.07, 6.45) is 2.06. The van der Waals surface area contributed by atoms with Gasteiger partial charge < -0.3 is 21.1 Å². The average Bonchev–Trinajstić information content (AvgIpc) is 2.11. The second kappa shape index (κ2) is 6.74. The summed E-state index contributed by atoms with van der Waals surface area (Å²) in [5.41, 5.74) is 6.41. The highest BCUT2D eigenvalue weighted by Gasteiger charge is 2.11. The zero-order valence-corrected chi connectivity index (χ0v) is 8.75. The van der Waals surface area contributed by atoms with Crippen LogP contribution < -0.4 is 11.1 Å². The Morgan fingerprint density at radius 2 is 2.23 bits per heavy atom. The first-order chi connectivity index (χ1) is 6.15. The molecule has 4 nitrogen and oxygen atoms in total. The fourth-order valence-corrected chi connectivity index (χ4v) is 1.19. The molecule has 0 aromatic carbocycles. The van der Waals surface area contributed by atoms with Gasteiger partial charge in [0.1, 0.15) is 0 Å². The second-order valence-corrected chi connectivity index (χ2v) is 3.36. The van der Waals surface area contributed by atoms with Crippen LogP contribution in [-0.4, -0.2) is 44.2 Å². The molecular formula is C9H21N3O. The van der Waals surface area contributed by atoms with E-state index in [0.29, 0.717) is 6.54 Å². The van der Waals surface area contributed by atoms with Crippen molar-refractivity contribution in [2.75, 3.05) is 34.2 Å². The van der Waals surface area contributed by atoms with Crippen LogP contribution in [0.25, 0.3) is 0 Å². The van der Waals surface area contributed by atoms with Gasteiger partial charge in [0.15, 0.2) is 0 Å². The third kappa shape index (κ3) is 4.75. The SMILES string of the molecule is CN/C(=C\O)C(CN)CCN(C)C. The van der Waals surface area contributed by atoms with Crippen molar-refractivity contribution in [2.24, 2.45) is 11.7 Å². The number of hydrogen-bond donors (Lipinski definition) is 3. The van der Waals surface area contributed by atoms with Gasteiger partial charge in [0.2, 0.25) is 0 Å². The van der Waals surface area contributed by atoms with Gasteiger partial charge in [-0.25, -0.2) is 0 Å². The van der Waals surface area contributed by atoms with Crippen LogP contribution in [-0.2, 0) is 0 Å². The monoisotopic (exact) mass is 187 g/mol. The molecular weight excluding hydrogens is 166 g/mol. The lowest BCUT2D eigenvalue weighted by atomic mass is 10.0. The van der Waals surface area contributed by atoms with Gasteiger partial charge in [0, 0.05) is 25.2 Å². The largest absolute Gasteiger partial charge is 0.514 e. The fourth-order valence-electron chi connectivity index (χ4n) is 1.19. The van der Waals surface area contributed by atoms with Gasteiger partial charge in [-0.3, -0.25) is 0 Å². The van der Waals surface area contributed by atoms with E-state index in [4.69, 9.17) is 10.8 Å². The molecule has 0 heterocycles. The van der Waals surface area contributed by atoms with Gasteiger partial charge in [0.25, 0.3) is 0 Å². The van der Waals surface area contributed by atoms with E-state index < -0.39 is 0 Å². The number of aliphatic hydroxyl groups excluding tert-OH is 1. The Bertz CT molecular complexity index is 157. The topological polar surface area (TPSA) is 61.5 Å². The minimum atomic E-state index is 0.220. The molecule has 0 aliphatic rings. The zero-order valence-electron chi connectivity index (χ0n) is 8.75. The van der Waals surface area contributed by atoms with Crippen LogP contribution in [0.3, 0.4) is 0 Å². The van der Waals surface area contributed by atoms with Crippen molar-refractivity contribution in [1.82, 2.24) is 10.2 Å². The third-order valence-electron chi connectivity index (χ3n) is 2.08. The molecule has 4 heteroatoms. The summed E-state index contributed by atoms with van der Waals surface area (Å²) >= 11 is 0. The molecule has 0 bridgehead atoms. The average molecular weight is 187 g/mol. The molecule has 1 unspecified atom stereocenters. The molecule has 0 aromatic heterocycles. The standard InChI is InChI=1S/C9H21N3O/c1-11-9(7-13)8(6-10)4-5-12(2)3/h7-8,11,13H,4-6,10H2,1-3H3/b9-7-. The highest BCUT2D eigenvalue weighted by atomic mass is 16.2. The summed E-state index contributed by atoms with van der Waals surface area (Å²) in [5.74, 6) is 0.220. The van der Waals surface area contributed by atoms with Crippen LogP contribution in [0.1, 0.15) is 6.42 Å². The molecule has 0 amide bonds. The highest BCUT2D eigenvalue weighted by molar-refractivity contribution is 5.00. The Kier molecular flexibility index (Phi) is 6.36. The lowest BCUT2D eigenvalue weighted by Gasteiger charge is -2.19. The predicted molar refractivity (Wildman–Crippen MR) is 55.5 cm³/mol. The summed E-state index contributed by atoms with van der Waals surface area (Å²) in [6, 6.07) is 0. The molecule has 0 spiro atoms. The molecule has 13 heavy (non-hydrogen) atoms. The number of nitrogens with one attached hydrogen (secondary N) is 1. The number of rotatable bonds is 6. The molecule has 0 fully saturated rings. The van der Waals surface area contributed by atoms with Crippen molar-refractivity contribution >= 4 is 0 Å². The Morgan fingerprint density at radius 1 is 1.62 bits per heavy atom. The maximum Gasteiger partial charge on any atom is 0.0984 e. The lowest BCUT2D eigenvalue weighted by molar-refractivity contribution is 0.358. The van der Waals surface area contributed by atoms with E-state index in [2.05, 4.69) is 10.2 Å². The van der Waals surface area contributed by atoms with Gasteiger partial charge >= 0.3 is 0 Å². The molecule has 0 aromatic rings. The smallest absolute Gasteiger partial charge is 0.0984 e. The molecule has 0 aliphatic heterocycles. The van der Waals surface area contributed by atoms with Crippen molar-refractivity contribution < 1.29 is 5.11 Å². The van der Waals surface area contributed by atoms with Gasteiger partial charge in [0.05, 0.1) is 6.26 Å². The van der Waals surface area contributed by atoms with E-state index in [1.165, 1.54) is 0 Å². The van der Waals surface area contributed by atoms with Crippen molar-refractivity contribution in [3.8, 4) is 0 Å². The highest BCUT2D eigenvalue weighted by Crippen LogP contribution is 2.10. The van der Waals surface area contributed by atoms with E-state index in [1.54, 1.807) is 7.05 Å². The maximum atomic E-state index is 8.90. The van der Waals surface area contributed by atoms with Crippen LogP contribution in [0.4, 0.5) is 0 Å². The van der Waals surface area contributed by atoms with Crippen LogP contribution >= 0.6 is 0 Å². The van der Waals surface area contributed by atoms with Gasteiger partial charge in [-0.2, -0.15) is 0 Å². The molecule has 0 aliphatic carbocycles. The van der Waals surface area contributed by atoms with Crippen LogP contribution in [0.5, 0.6) is 0 Å². The minimum Gasteiger partial charge on any atom is -0.514 e. The Balaban J connectivity index is 4.01. The summed E-state index contributed by atoms with van der Waals surface area (Å²) < 4.78 is 0. The van der Waals surface area contributed by atoms with Gasteiger partial charge in [-0.05, 0) is 27.1 Å². The van der Waals surface area contributed by atoms with E-state index >= 15 is 0 Å². The molecule has 78 valence electrons. The summed E-state index contributed by atoms with van der Waals surface area (Å²) in [4.78, 5) is 2.10. The van der Waals surface area contributed by atoms with Crippen LogP contribution in [0.2, 0.25) is 0 Å². The first kappa shape index (κ1) is 12.3. The normalized spacial score (nSPS) is 14.7. The summed E-state index contributed by atoms with van der Waals surface area (Å²) in [6.45, 7) is 1.53. The second-order valence-electron chi connectivity index (χ2n) is 3.36. The van der Waals surface area contributed by atoms with Crippen LogP contribution in [0, 0.1) is 5.92 Å².